The molecule has 19 heavy (non-hydrogen) atoms. The second-order valence-electron chi connectivity index (χ2n) is 4.69. The molecule has 2 aromatic rings. The molecule has 1 heterocycles. The number of hydrogen-bond donors (Lipinski definition) is 1. The summed E-state index contributed by atoms with van der Waals surface area (Å²) in [6.45, 7) is 3.41. The monoisotopic (exact) mass is 319 g/mol. The van der Waals surface area contributed by atoms with Gasteiger partial charge in [-0.05, 0) is 34.5 Å². The van der Waals surface area contributed by atoms with E-state index in [2.05, 4.69) is 57.0 Å². The summed E-state index contributed by atoms with van der Waals surface area (Å²) >= 11 is 3.43. The Morgan fingerprint density at radius 1 is 1.32 bits per heavy atom. The fourth-order valence-corrected chi connectivity index (χ4v) is 2.51. The molecule has 0 fully saturated rings. The van der Waals surface area contributed by atoms with Crippen LogP contribution in [0.3, 0.4) is 0 Å². The number of nitrogens with zero attached hydrogens (tertiary/aromatic N) is 2. The smallest absolute Gasteiger partial charge is 0.133 e. The van der Waals surface area contributed by atoms with Crippen molar-refractivity contribution in [2.75, 3.05) is 11.9 Å². The molecule has 1 aromatic heterocycles. The Bertz CT molecular complexity index is 569. The van der Waals surface area contributed by atoms with E-state index in [4.69, 9.17) is 5.73 Å². The van der Waals surface area contributed by atoms with Gasteiger partial charge in [0.25, 0.3) is 0 Å². The molecule has 0 aliphatic carbocycles. The van der Waals surface area contributed by atoms with E-state index in [1.54, 1.807) is 6.20 Å². The summed E-state index contributed by atoms with van der Waals surface area (Å²) < 4.78 is 0.959. The SMILES string of the molecule is Cc1cccc(CN(C)c2ncc(Br)cc2CN)c1. The van der Waals surface area contributed by atoms with Crippen molar-refractivity contribution in [3.05, 3.63) is 57.7 Å². The summed E-state index contributed by atoms with van der Waals surface area (Å²) in [5, 5.41) is 0. The highest BCUT2D eigenvalue weighted by Gasteiger charge is 2.09. The minimum Gasteiger partial charge on any atom is -0.355 e. The Labute approximate surface area is 122 Å². The van der Waals surface area contributed by atoms with Crippen LogP contribution in [0.15, 0.2) is 41.0 Å². The van der Waals surface area contributed by atoms with Gasteiger partial charge in [0.05, 0.1) is 0 Å². The highest BCUT2D eigenvalue weighted by atomic mass is 79.9. The van der Waals surface area contributed by atoms with Crippen molar-refractivity contribution >= 4 is 21.7 Å². The number of aryl methyl sites for hydroxylation is 1. The lowest BCUT2D eigenvalue weighted by Crippen LogP contribution is -2.20. The maximum Gasteiger partial charge on any atom is 0.133 e. The predicted octanol–water partition coefficient (Wildman–Crippen LogP) is 3.25. The molecule has 1 aromatic carbocycles. The lowest BCUT2D eigenvalue weighted by atomic mass is 10.1. The molecule has 0 saturated heterocycles. The van der Waals surface area contributed by atoms with Gasteiger partial charge >= 0.3 is 0 Å². The quantitative estimate of drug-likeness (QED) is 0.940. The number of rotatable bonds is 4. The molecule has 0 aliphatic rings. The molecule has 0 unspecified atom stereocenters. The van der Waals surface area contributed by atoms with Crippen LogP contribution >= 0.6 is 15.9 Å². The number of benzene rings is 1. The number of anilines is 1. The first-order valence-corrected chi connectivity index (χ1v) is 7.00. The van der Waals surface area contributed by atoms with Crippen LogP contribution in [0.2, 0.25) is 0 Å². The summed E-state index contributed by atoms with van der Waals surface area (Å²) in [7, 11) is 2.04. The molecular formula is C15H18BrN3. The molecule has 0 aliphatic heterocycles. The molecule has 2 N–H and O–H groups in total. The molecule has 0 radical (unpaired) electrons. The zero-order valence-corrected chi connectivity index (χ0v) is 12.8. The Morgan fingerprint density at radius 2 is 2.11 bits per heavy atom. The van der Waals surface area contributed by atoms with Crippen molar-refractivity contribution in [3.63, 3.8) is 0 Å². The van der Waals surface area contributed by atoms with Gasteiger partial charge in [0, 0.05) is 36.4 Å². The summed E-state index contributed by atoms with van der Waals surface area (Å²) in [4.78, 5) is 6.60. The van der Waals surface area contributed by atoms with Gasteiger partial charge in [-0.25, -0.2) is 4.98 Å². The maximum absolute atomic E-state index is 5.79. The average Bonchev–Trinajstić information content (AvgIpc) is 2.38. The van der Waals surface area contributed by atoms with Crippen LogP contribution in [0.4, 0.5) is 5.82 Å². The Morgan fingerprint density at radius 3 is 2.79 bits per heavy atom. The van der Waals surface area contributed by atoms with Gasteiger partial charge in [0.2, 0.25) is 0 Å². The minimum atomic E-state index is 0.486. The van der Waals surface area contributed by atoms with E-state index in [0.717, 1.165) is 22.4 Å². The fraction of sp³-hybridized carbons (Fsp3) is 0.267. The molecule has 2 rings (SSSR count). The van der Waals surface area contributed by atoms with E-state index in [1.165, 1.54) is 11.1 Å². The van der Waals surface area contributed by atoms with Gasteiger partial charge in [-0.1, -0.05) is 29.8 Å². The number of hydrogen-bond acceptors (Lipinski definition) is 3. The zero-order valence-electron chi connectivity index (χ0n) is 11.2. The minimum absolute atomic E-state index is 0.486. The van der Waals surface area contributed by atoms with Crippen molar-refractivity contribution in [1.82, 2.24) is 4.98 Å². The van der Waals surface area contributed by atoms with Gasteiger partial charge < -0.3 is 10.6 Å². The van der Waals surface area contributed by atoms with E-state index in [0.29, 0.717) is 6.54 Å². The zero-order chi connectivity index (χ0) is 13.8. The number of halogens is 1. The van der Waals surface area contributed by atoms with Crippen LogP contribution in [-0.4, -0.2) is 12.0 Å². The Hall–Kier alpha value is -1.39. The standard InChI is InChI=1S/C15H18BrN3/c1-11-4-3-5-12(6-11)10-19(2)15-13(8-17)7-14(16)9-18-15/h3-7,9H,8,10,17H2,1-2H3. The molecule has 0 spiro atoms. The third kappa shape index (κ3) is 3.55. The molecule has 0 amide bonds. The molecular weight excluding hydrogens is 302 g/mol. The summed E-state index contributed by atoms with van der Waals surface area (Å²) in [6.07, 6.45) is 1.81. The van der Waals surface area contributed by atoms with Crippen LogP contribution in [0, 0.1) is 6.92 Å². The summed E-state index contributed by atoms with van der Waals surface area (Å²) in [5.41, 5.74) is 9.38. The molecule has 0 atom stereocenters. The average molecular weight is 320 g/mol. The Kier molecular flexibility index (Phi) is 4.56. The van der Waals surface area contributed by atoms with Crippen LogP contribution < -0.4 is 10.6 Å². The first-order valence-electron chi connectivity index (χ1n) is 6.21. The number of nitrogens with two attached hydrogens (primary N) is 1. The molecule has 4 heteroatoms. The first kappa shape index (κ1) is 14.0. The van der Waals surface area contributed by atoms with Crippen LogP contribution in [0.1, 0.15) is 16.7 Å². The number of pyridine rings is 1. The van der Waals surface area contributed by atoms with E-state index >= 15 is 0 Å². The van der Waals surface area contributed by atoms with Crippen LogP contribution in [-0.2, 0) is 13.1 Å². The maximum atomic E-state index is 5.79. The first-order chi connectivity index (χ1) is 9.10. The molecule has 100 valence electrons. The fourth-order valence-electron chi connectivity index (χ4n) is 2.13. The van der Waals surface area contributed by atoms with Crippen molar-refractivity contribution in [2.45, 2.75) is 20.0 Å². The molecule has 3 nitrogen and oxygen atoms in total. The second kappa shape index (κ2) is 6.17. The predicted molar refractivity (Wildman–Crippen MR) is 83.1 cm³/mol. The van der Waals surface area contributed by atoms with Gasteiger partial charge in [0.1, 0.15) is 5.82 Å². The van der Waals surface area contributed by atoms with Crippen LogP contribution in [0.25, 0.3) is 0 Å². The van der Waals surface area contributed by atoms with E-state index < -0.39 is 0 Å². The third-order valence-corrected chi connectivity index (χ3v) is 3.43. The van der Waals surface area contributed by atoms with E-state index in [9.17, 15) is 0 Å². The second-order valence-corrected chi connectivity index (χ2v) is 5.60. The van der Waals surface area contributed by atoms with Crippen LogP contribution in [0.5, 0.6) is 0 Å². The van der Waals surface area contributed by atoms with Crippen molar-refractivity contribution in [3.8, 4) is 0 Å². The van der Waals surface area contributed by atoms with Gasteiger partial charge in [0.15, 0.2) is 0 Å². The molecule has 0 saturated carbocycles. The van der Waals surface area contributed by atoms with E-state index in [1.807, 2.05) is 13.1 Å². The normalized spacial score (nSPS) is 10.5. The highest BCUT2D eigenvalue weighted by Crippen LogP contribution is 2.21. The van der Waals surface area contributed by atoms with Gasteiger partial charge in [-0.2, -0.15) is 0 Å². The summed E-state index contributed by atoms with van der Waals surface area (Å²) in [6, 6.07) is 10.5. The van der Waals surface area contributed by atoms with Crippen molar-refractivity contribution in [1.29, 1.82) is 0 Å². The van der Waals surface area contributed by atoms with Crippen molar-refractivity contribution < 1.29 is 0 Å². The number of aromatic nitrogens is 1. The Balaban J connectivity index is 2.22. The highest BCUT2D eigenvalue weighted by molar-refractivity contribution is 9.10. The van der Waals surface area contributed by atoms with Gasteiger partial charge in [-0.3, -0.25) is 0 Å². The van der Waals surface area contributed by atoms with Gasteiger partial charge in [-0.15, -0.1) is 0 Å². The van der Waals surface area contributed by atoms with Crippen molar-refractivity contribution in [2.24, 2.45) is 5.73 Å². The lowest BCUT2D eigenvalue weighted by Gasteiger charge is -2.21. The lowest BCUT2D eigenvalue weighted by molar-refractivity contribution is 0.874. The largest absolute Gasteiger partial charge is 0.355 e. The van der Waals surface area contributed by atoms with E-state index in [-0.39, 0.29) is 0 Å². The third-order valence-electron chi connectivity index (χ3n) is 2.99. The topological polar surface area (TPSA) is 42.2 Å². The summed E-state index contributed by atoms with van der Waals surface area (Å²) in [5.74, 6) is 0.937. The molecule has 0 bridgehead atoms.